The van der Waals surface area contributed by atoms with E-state index in [1.807, 2.05) is 6.92 Å². The van der Waals surface area contributed by atoms with Gasteiger partial charge in [0.2, 0.25) is 0 Å². The number of rotatable bonds is 9. The zero-order valence-corrected chi connectivity index (χ0v) is 14.2. The molecule has 21 heavy (non-hydrogen) atoms. The normalized spacial score (nSPS) is 20.5. The molecule has 0 aliphatic carbocycles. The molecular weight excluding hydrogens is 264 g/mol. The van der Waals surface area contributed by atoms with E-state index in [1.165, 1.54) is 25.8 Å². The molecule has 0 aromatic carbocycles. The van der Waals surface area contributed by atoms with E-state index >= 15 is 0 Å². The molecule has 2 N–H and O–H groups in total. The lowest BCUT2D eigenvalue weighted by molar-refractivity contribution is 0.146. The average Bonchev–Trinajstić information content (AvgIpc) is 2.49. The molecule has 0 bridgehead atoms. The summed E-state index contributed by atoms with van der Waals surface area (Å²) in [5.41, 5.74) is 0. The summed E-state index contributed by atoms with van der Waals surface area (Å²) in [5, 5.41) is 6.74. The van der Waals surface area contributed by atoms with Gasteiger partial charge in [0.15, 0.2) is 5.96 Å². The number of piperidine rings is 1. The second-order valence-corrected chi connectivity index (χ2v) is 5.62. The second kappa shape index (κ2) is 11.8. The first kappa shape index (κ1) is 18.2. The molecule has 1 atom stereocenters. The maximum absolute atomic E-state index is 5.33. The molecule has 1 unspecified atom stereocenters. The summed E-state index contributed by atoms with van der Waals surface area (Å²) in [6.45, 7) is 13.1. The first-order valence-electron chi connectivity index (χ1n) is 8.61. The molecule has 0 amide bonds. The fourth-order valence-corrected chi connectivity index (χ4v) is 2.65. The molecule has 0 saturated carbocycles. The molecule has 0 spiro atoms. The molecule has 1 aliphatic heterocycles. The summed E-state index contributed by atoms with van der Waals surface area (Å²) < 4.78 is 5.33. The minimum Gasteiger partial charge on any atom is -0.382 e. The van der Waals surface area contributed by atoms with Crippen molar-refractivity contribution in [3.05, 3.63) is 0 Å². The summed E-state index contributed by atoms with van der Waals surface area (Å²) >= 11 is 0. The molecule has 5 nitrogen and oxygen atoms in total. The SMILES string of the molecule is CCNC(=NCCCOCC)NCCN1CCCCC1C. The van der Waals surface area contributed by atoms with Crippen LogP contribution in [0.5, 0.6) is 0 Å². The maximum Gasteiger partial charge on any atom is 0.191 e. The molecule has 5 heteroatoms. The summed E-state index contributed by atoms with van der Waals surface area (Å²) in [7, 11) is 0. The highest BCUT2D eigenvalue weighted by molar-refractivity contribution is 5.79. The van der Waals surface area contributed by atoms with Crippen LogP contribution in [0.15, 0.2) is 4.99 Å². The Kier molecular flexibility index (Phi) is 10.3. The van der Waals surface area contributed by atoms with Crippen molar-refractivity contribution in [2.24, 2.45) is 4.99 Å². The number of nitrogens with one attached hydrogen (secondary N) is 2. The van der Waals surface area contributed by atoms with Crippen LogP contribution in [0.4, 0.5) is 0 Å². The van der Waals surface area contributed by atoms with Gasteiger partial charge < -0.3 is 15.4 Å². The highest BCUT2D eigenvalue weighted by Crippen LogP contribution is 2.15. The van der Waals surface area contributed by atoms with Gasteiger partial charge in [-0.1, -0.05) is 6.42 Å². The third-order valence-corrected chi connectivity index (χ3v) is 3.90. The van der Waals surface area contributed by atoms with Crippen molar-refractivity contribution < 1.29 is 4.74 Å². The Morgan fingerprint density at radius 2 is 2.14 bits per heavy atom. The molecule has 0 aromatic heterocycles. The van der Waals surface area contributed by atoms with Crippen molar-refractivity contribution in [2.75, 3.05) is 45.9 Å². The van der Waals surface area contributed by atoms with Gasteiger partial charge in [0.1, 0.15) is 0 Å². The zero-order valence-electron chi connectivity index (χ0n) is 14.2. The third-order valence-electron chi connectivity index (χ3n) is 3.90. The Balaban J connectivity index is 2.21. The van der Waals surface area contributed by atoms with E-state index in [0.29, 0.717) is 0 Å². The van der Waals surface area contributed by atoms with E-state index in [-0.39, 0.29) is 0 Å². The van der Waals surface area contributed by atoms with Crippen molar-refractivity contribution in [3.8, 4) is 0 Å². The van der Waals surface area contributed by atoms with Gasteiger partial charge in [0.25, 0.3) is 0 Å². The first-order chi connectivity index (χ1) is 10.3. The Morgan fingerprint density at radius 3 is 2.86 bits per heavy atom. The quantitative estimate of drug-likeness (QED) is 0.387. The minimum atomic E-state index is 0.728. The summed E-state index contributed by atoms with van der Waals surface area (Å²) in [4.78, 5) is 7.16. The van der Waals surface area contributed by atoms with Gasteiger partial charge in [-0.3, -0.25) is 9.89 Å². The van der Waals surface area contributed by atoms with Crippen LogP contribution in [0.2, 0.25) is 0 Å². The fourth-order valence-electron chi connectivity index (χ4n) is 2.65. The average molecular weight is 298 g/mol. The van der Waals surface area contributed by atoms with E-state index in [4.69, 9.17) is 4.74 Å². The Labute approximate surface area is 130 Å². The van der Waals surface area contributed by atoms with Gasteiger partial charge in [-0.05, 0) is 46.6 Å². The second-order valence-electron chi connectivity index (χ2n) is 5.62. The summed E-state index contributed by atoms with van der Waals surface area (Å²) in [6.07, 6.45) is 5.05. The van der Waals surface area contributed by atoms with Crippen LogP contribution in [0.25, 0.3) is 0 Å². The van der Waals surface area contributed by atoms with Gasteiger partial charge in [0.05, 0.1) is 0 Å². The van der Waals surface area contributed by atoms with Crippen LogP contribution < -0.4 is 10.6 Å². The van der Waals surface area contributed by atoms with Crippen LogP contribution in [0.1, 0.15) is 46.5 Å². The number of ether oxygens (including phenoxy) is 1. The number of hydrogen-bond acceptors (Lipinski definition) is 3. The first-order valence-corrected chi connectivity index (χ1v) is 8.61. The monoisotopic (exact) mass is 298 g/mol. The van der Waals surface area contributed by atoms with E-state index in [9.17, 15) is 0 Å². The zero-order chi connectivity index (χ0) is 15.3. The molecule has 1 heterocycles. The molecule has 124 valence electrons. The highest BCUT2D eigenvalue weighted by atomic mass is 16.5. The third kappa shape index (κ3) is 8.27. The van der Waals surface area contributed by atoms with Gasteiger partial charge in [-0.2, -0.15) is 0 Å². The summed E-state index contributed by atoms with van der Waals surface area (Å²) in [5.74, 6) is 0.929. The van der Waals surface area contributed by atoms with E-state index in [0.717, 1.165) is 57.8 Å². The topological polar surface area (TPSA) is 48.9 Å². The largest absolute Gasteiger partial charge is 0.382 e. The van der Waals surface area contributed by atoms with Gasteiger partial charge in [-0.25, -0.2) is 0 Å². The molecule has 1 saturated heterocycles. The lowest BCUT2D eigenvalue weighted by atomic mass is 10.0. The number of aliphatic imine (C=N–C) groups is 1. The van der Waals surface area contributed by atoms with Gasteiger partial charge in [0, 0.05) is 45.4 Å². The molecule has 0 radical (unpaired) electrons. The van der Waals surface area contributed by atoms with E-state index < -0.39 is 0 Å². The smallest absolute Gasteiger partial charge is 0.191 e. The molecule has 0 aromatic rings. The van der Waals surface area contributed by atoms with Crippen molar-refractivity contribution >= 4 is 5.96 Å². The predicted molar refractivity (Wildman–Crippen MR) is 90.0 cm³/mol. The van der Waals surface area contributed by atoms with Gasteiger partial charge >= 0.3 is 0 Å². The lowest BCUT2D eigenvalue weighted by Gasteiger charge is -2.33. The molecular formula is C16H34N4O. The van der Waals surface area contributed by atoms with Crippen molar-refractivity contribution in [2.45, 2.75) is 52.5 Å². The summed E-state index contributed by atoms with van der Waals surface area (Å²) in [6, 6.07) is 0.728. The van der Waals surface area contributed by atoms with Crippen LogP contribution in [0.3, 0.4) is 0 Å². The number of likely N-dealkylation sites (tertiary alicyclic amines) is 1. The highest BCUT2D eigenvalue weighted by Gasteiger charge is 2.17. The van der Waals surface area contributed by atoms with Crippen molar-refractivity contribution in [3.63, 3.8) is 0 Å². The Hall–Kier alpha value is -0.810. The van der Waals surface area contributed by atoms with Crippen molar-refractivity contribution in [1.29, 1.82) is 0 Å². The standard InChI is InChI=1S/C16H34N4O/c1-4-17-16(18-10-8-14-21-5-2)19-11-13-20-12-7-6-9-15(20)3/h15H,4-14H2,1-3H3,(H2,17,18,19). The predicted octanol–water partition coefficient (Wildman–Crippen LogP) is 1.84. The number of hydrogen-bond donors (Lipinski definition) is 2. The van der Waals surface area contributed by atoms with Gasteiger partial charge in [-0.15, -0.1) is 0 Å². The van der Waals surface area contributed by atoms with Crippen LogP contribution in [-0.2, 0) is 4.74 Å². The molecule has 1 aliphatic rings. The minimum absolute atomic E-state index is 0.728. The fraction of sp³-hybridized carbons (Fsp3) is 0.938. The molecule has 1 rings (SSSR count). The van der Waals surface area contributed by atoms with Crippen LogP contribution in [0, 0.1) is 0 Å². The Bertz CT molecular complexity index is 283. The van der Waals surface area contributed by atoms with E-state index in [2.05, 4.69) is 34.4 Å². The Morgan fingerprint density at radius 1 is 1.29 bits per heavy atom. The molecule has 1 fully saturated rings. The number of nitrogens with zero attached hydrogens (tertiary/aromatic N) is 2. The van der Waals surface area contributed by atoms with Crippen molar-refractivity contribution in [1.82, 2.24) is 15.5 Å². The maximum atomic E-state index is 5.33. The van der Waals surface area contributed by atoms with Crippen LogP contribution in [-0.4, -0.2) is 62.8 Å². The van der Waals surface area contributed by atoms with Crippen LogP contribution >= 0.6 is 0 Å². The van der Waals surface area contributed by atoms with E-state index in [1.54, 1.807) is 0 Å². The number of guanidine groups is 1. The lowest BCUT2D eigenvalue weighted by Crippen LogP contribution is -2.45.